The van der Waals surface area contributed by atoms with Gasteiger partial charge in [0.05, 0.1) is 31.2 Å². The second-order valence-electron chi connectivity index (χ2n) is 7.81. The first kappa shape index (κ1) is 27.4. The molecule has 12 heteroatoms. The average Bonchev–Trinajstić information content (AvgIpc) is 2.85. The average molecular weight is 544 g/mol. The largest absolute Gasteiger partial charge is 0.481 e. The maximum absolute atomic E-state index is 12.6. The van der Waals surface area contributed by atoms with Gasteiger partial charge in [0, 0.05) is 27.5 Å². The van der Waals surface area contributed by atoms with Crippen molar-refractivity contribution in [2.75, 3.05) is 11.9 Å². The first-order valence-electron chi connectivity index (χ1n) is 11.0. The number of hydrogen-bond acceptors (Lipinski definition) is 5. The molecule has 3 rings (SSSR count). The number of amides is 4. The van der Waals surface area contributed by atoms with Gasteiger partial charge in [-0.05, 0) is 54.1 Å². The van der Waals surface area contributed by atoms with E-state index in [4.69, 9.17) is 23.2 Å². The van der Waals surface area contributed by atoms with Crippen LogP contribution >= 0.6 is 23.2 Å². The maximum atomic E-state index is 12.6. The van der Waals surface area contributed by atoms with E-state index in [1.165, 1.54) is 30.3 Å². The Balaban J connectivity index is 1.54. The standard InChI is InChI=1S/C25H23Cl2N5O5/c26-17-8-16(9-18(27)11-17)21(12-23(34)35)32-22(33)14-29-24(36)15-4-3-6-19(10-15)31-25(37)30-13-20-5-1-2-7-28-20/h1-11,21H,12-14H2,(H,29,36)(H,32,33)(H,34,35)(H2,30,31,37). The number of carboxylic acids is 1. The molecule has 10 nitrogen and oxygen atoms in total. The number of nitrogens with zero attached hydrogens (tertiary/aromatic N) is 1. The van der Waals surface area contributed by atoms with Crippen LogP contribution in [0.25, 0.3) is 0 Å². The van der Waals surface area contributed by atoms with Crippen molar-refractivity contribution < 1.29 is 24.3 Å². The zero-order valence-electron chi connectivity index (χ0n) is 19.3. The Morgan fingerprint density at radius 3 is 2.35 bits per heavy atom. The van der Waals surface area contributed by atoms with E-state index < -0.39 is 42.8 Å². The van der Waals surface area contributed by atoms with Crippen LogP contribution in [0.15, 0.2) is 66.9 Å². The molecule has 2 aromatic carbocycles. The van der Waals surface area contributed by atoms with Crippen molar-refractivity contribution >= 4 is 52.7 Å². The highest BCUT2D eigenvalue weighted by atomic mass is 35.5. The first-order chi connectivity index (χ1) is 17.7. The zero-order valence-corrected chi connectivity index (χ0v) is 20.8. The molecule has 1 unspecified atom stereocenters. The molecule has 0 saturated carbocycles. The minimum absolute atomic E-state index is 0.207. The summed E-state index contributed by atoms with van der Waals surface area (Å²) < 4.78 is 0. The molecule has 3 aromatic rings. The highest BCUT2D eigenvalue weighted by Crippen LogP contribution is 2.25. The molecule has 0 aliphatic carbocycles. The number of hydrogen-bond donors (Lipinski definition) is 5. The third-order valence-corrected chi connectivity index (χ3v) is 5.39. The van der Waals surface area contributed by atoms with Gasteiger partial charge in [0.1, 0.15) is 0 Å². The second-order valence-corrected chi connectivity index (χ2v) is 8.69. The van der Waals surface area contributed by atoms with E-state index in [-0.39, 0.29) is 12.1 Å². The minimum atomic E-state index is -1.14. The summed E-state index contributed by atoms with van der Waals surface area (Å²) in [6.07, 6.45) is 1.21. The Bertz CT molecular complexity index is 1270. The van der Waals surface area contributed by atoms with Crippen LogP contribution in [0.4, 0.5) is 10.5 Å². The van der Waals surface area contributed by atoms with Gasteiger partial charge >= 0.3 is 12.0 Å². The third kappa shape index (κ3) is 9.10. The fraction of sp³-hybridized carbons (Fsp3) is 0.160. The third-order valence-electron chi connectivity index (χ3n) is 4.95. The number of anilines is 1. The van der Waals surface area contributed by atoms with Crippen molar-refractivity contribution in [2.24, 2.45) is 0 Å². The first-order valence-corrected chi connectivity index (χ1v) is 11.8. The molecule has 0 saturated heterocycles. The van der Waals surface area contributed by atoms with Gasteiger partial charge < -0.3 is 26.4 Å². The van der Waals surface area contributed by atoms with Crippen LogP contribution in [0.3, 0.4) is 0 Å². The summed E-state index contributed by atoms with van der Waals surface area (Å²) in [7, 11) is 0. The summed E-state index contributed by atoms with van der Waals surface area (Å²) in [4.78, 5) is 52.6. The highest BCUT2D eigenvalue weighted by Gasteiger charge is 2.20. The monoisotopic (exact) mass is 543 g/mol. The summed E-state index contributed by atoms with van der Waals surface area (Å²) in [5.74, 6) is -2.31. The molecule has 0 aliphatic rings. The van der Waals surface area contributed by atoms with Crippen LogP contribution in [0.5, 0.6) is 0 Å². The molecule has 1 atom stereocenters. The number of aromatic nitrogens is 1. The van der Waals surface area contributed by atoms with E-state index in [0.717, 1.165) is 0 Å². The van der Waals surface area contributed by atoms with Gasteiger partial charge in [0.25, 0.3) is 5.91 Å². The topological polar surface area (TPSA) is 150 Å². The number of carbonyl (C=O) groups excluding carboxylic acids is 3. The summed E-state index contributed by atoms with van der Waals surface area (Å²) >= 11 is 12.0. The molecule has 0 aliphatic heterocycles. The molecule has 192 valence electrons. The van der Waals surface area contributed by atoms with Crippen LogP contribution in [-0.4, -0.2) is 40.5 Å². The molecular weight excluding hydrogens is 521 g/mol. The number of carbonyl (C=O) groups is 4. The molecule has 37 heavy (non-hydrogen) atoms. The zero-order chi connectivity index (χ0) is 26.8. The van der Waals surface area contributed by atoms with Crippen LogP contribution in [0.2, 0.25) is 10.0 Å². The lowest BCUT2D eigenvalue weighted by Crippen LogP contribution is -2.39. The number of nitrogens with one attached hydrogen (secondary N) is 4. The Morgan fingerprint density at radius 1 is 0.919 bits per heavy atom. The molecule has 0 spiro atoms. The Morgan fingerprint density at radius 2 is 1.68 bits per heavy atom. The number of halogens is 2. The molecule has 5 N–H and O–H groups in total. The van der Waals surface area contributed by atoms with E-state index in [0.29, 0.717) is 27.0 Å². The van der Waals surface area contributed by atoms with Crippen molar-refractivity contribution in [3.8, 4) is 0 Å². The van der Waals surface area contributed by atoms with Crippen molar-refractivity contribution in [3.63, 3.8) is 0 Å². The molecule has 4 amide bonds. The molecule has 1 aromatic heterocycles. The predicted molar refractivity (Wildman–Crippen MR) is 138 cm³/mol. The lowest BCUT2D eigenvalue weighted by molar-refractivity contribution is -0.137. The fourth-order valence-corrected chi connectivity index (χ4v) is 3.84. The molecular formula is C25H23Cl2N5O5. The van der Waals surface area contributed by atoms with Crippen molar-refractivity contribution in [3.05, 3.63) is 93.7 Å². The minimum Gasteiger partial charge on any atom is -0.481 e. The van der Waals surface area contributed by atoms with E-state index in [9.17, 15) is 24.3 Å². The number of rotatable bonds is 10. The van der Waals surface area contributed by atoms with E-state index in [1.807, 2.05) is 6.07 Å². The molecule has 0 radical (unpaired) electrons. The Kier molecular flexibility index (Phi) is 9.82. The normalized spacial score (nSPS) is 11.2. The number of benzene rings is 2. The van der Waals surface area contributed by atoms with Crippen molar-refractivity contribution in [1.82, 2.24) is 20.9 Å². The second kappa shape index (κ2) is 13.2. The number of pyridine rings is 1. The van der Waals surface area contributed by atoms with Gasteiger partial charge in [-0.2, -0.15) is 0 Å². The number of carboxylic acid groups (broad SMARTS) is 1. The van der Waals surface area contributed by atoms with Crippen LogP contribution in [0, 0.1) is 0 Å². The smallest absolute Gasteiger partial charge is 0.319 e. The van der Waals surface area contributed by atoms with Gasteiger partial charge in [0.2, 0.25) is 5.91 Å². The maximum Gasteiger partial charge on any atom is 0.319 e. The van der Waals surface area contributed by atoms with Crippen molar-refractivity contribution in [1.29, 1.82) is 0 Å². The Labute approximate surface area is 222 Å². The van der Waals surface area contributed by atoms with Gasteiger partial charge in [0.15, 0.2) is 0 Å². The van der Waals surface area contributed by atoms with Crippen molar-refractivity contribution in [2.45, 2.75) is 19.0 Å². The number of aliphatic carboxylic acids is 1. The molecule has 0 bridgehead atoms. The van der Waals surface area contributed by atoms with Crippen LogP contribution in [-0.2, 0) is 16.1 Å². The Hall–Kier alpha value is -4.15. The van der Waals surface area contributed by atoms with E-state index in [2.05, 4.69) is 26.3 Å². The van der Waals surface area contributed by atoms with Gasteiger partial charge in [-0.15, -0.1) is 0 Å². The summed E-state index contributed by atoms with van der Waals surface area (Å²) in [5.41, 5.74) is 1.68. The summed E-state index contributed by atoms with van der Waals surface area (Å²) in [5, 5.41) is 20.1. The molecule has 1 heterocycles. The SMILES string of the molecule is O=C(O)CC(NC(=O)CNC(=O)c1cccc(NC(=O)NCc2ccccn2)c1)c1cc(Cl)cc(Cl)c1. The van der Waals surface area contributed by atoms with E-state index in [1.54, 1.807) is 30.5 Å². The molecule has 0 fully saturated rings. The van der Waals surface area contributed by atoms with Crippen LogP contribution in [0.1, 0.15) is 34.1 Å². The highest BCUT2D eigenvalue weighted by molar-refractivity contribution is 6.34. The fourth-order valence-electron chi connectivity index (χ4n) is 3.30. The summed E-state index contributed by atoms with van der Waals surface area (Å²) in [6.45, 7) is -0.183. The van der Waals surface area contributed by atoms with Gasteiger partial charge in [-0.25, -0.2) is 4.79 Å². The summed E-state index contributed by atoms with van der Waals surface area (Å²) in [6, 6.07) is 14.6. The van der Waals surface area contributed by atoms with E-state index >= 15 is 0 Å². The van der Waals surface area contributed by atoms with Gasteiger partial charge in [-0.1, -0.05) is 35.3 Å². The lowest BCUT2D eigenvalue weighted by Gasteiger charge is -2.18. The quantitative estimate of drug-likeness (QED) is 0.262. The van der Waals surface area contributed by atoms with Gasteiger partial charge in [-0.3, -0.25) is 19.4 Å². The lowest BCUT2D eigenvalue weighted by atomic mass is 10.0. The van der Waals surface area contributed by atoms with Crippen LogP contribution < -0.4 is 21.3 Å². The number of urea groups is 1. The predicted octanol–water partition coefficient (Wildman–Crippen LogP) is 3.77.